The molecule has 0 saturated carbocycles. The van der Waals surface area contributed by atoms with E-state index in [1.807, 2.05) is 13.2 Å². The van der Waals surface area contributed by atoms with Gasteiger partial charge in [0, 0.05) is 18.8 Å². The van der Waals surface area contributed by atoms with Gasteiger partial charge in [-0.25, -0.2) is 8.42 Å². The number of sulfonamides is 1. The summed E-state index contributed by atoms with van der Waals surface area (Å²) in [5, 5.41) is 9.28. The first-order valence-electron chi connectivity index (χ1n) is 6.14. The molecule has 0 heterocycles. The zero-order valence-electron chi connectivity index (χ0n) is 11.5. The molecular weight excluding hydrogens is 282 g/mol. The predicted octanol–water partition coefficient (Wildman–Crippen LogP) is 1.94. The molecule has 0 aliphatic carbocycles. The molecule has 108 valence electrons. The Morgan fingerprint density at radius 3 is 2.53 bits per heavy atom. The van der Waals surface area contributed by atoms with Crippen molar-refractivity contribution in [3.63, 3.8) is 0 Å². The van der Waals surface area contributed by atoms with Crippen LogP contribution in [0.15, 0.2) is 29.2 Å². The van der Waals surface area contributed by atoms with Gasteiger partial charge in [-0.1, -0.05) is 25.1 Å². The van der Waals surface area contributed by atoms with E-state index in [2.05, 4.69) is 0 Å². The van der Waals surface area contributed by atoms with Crippen molar-refractivity contribution in [2.24, 2.45) is 0 Å². The number of rotatable bonds is 7. The molecule has 0 fully saturated rings. The van der Waals surface area contributed by atoms with Gasteiger partial charge in [0.1, 0.15) is 0 Å². The van der Waals surface area contributed by atoms with Crippen molar-refractivity contribution in [1.82, 2.24) is 4.31 Å². The molecule has 0 radical (unpaired) electrons. The van der Waals surface area contributed by atoms with Crippen molar-refractivity contribution in [2.75, 3.05) is 19.1 Å². The third-order valence-corrected chi connectivity index (χ3v) is 5.87. The summed E-state index contributed by atoms with van der Waals surface area (Å²) < 4.78 is 26.6. The number of benzene rings is 1. The monoisotopic (exact) mass is 303 g/mol. The molecule has 0 aromatic heterocycles. The van der Waals surface area contributed by atoms with E-state index in [4.69, 9.17) is 0 Å². The van der Waals surface area contributed by atoms with Crippen LogP contribution in [-0.2, 0) is 16.6 Å². The number of aliphatic hydroxyl groups is 1. The Kier molecular flexibility index (Phi) is 6.32. The van der Waals surface area contributed by atoms with Crippen LogP contribution in [0.2, 0.25) is 0 Å². The fourth-order valence-electron chi connectivity index (χ4n) is 1.91. The number of thioether (sulfide) groups is 1. The molecule has 0 bridgehead atoms. The lowest BCUT2D eigenvalue weighted by molar-refractivity contribution is 0.278. The molecule has 0 aliphatic heterocycles. The van der Waals surface area contributed by atoms with Crippen molar-refractivity contribution >= 4 is 21.8 Å². The summed E-state index contributed by atoms with van der Waals surface area (Å²) in [4.78, 5) is 0.194. The summed E-state index contributed by atoms with van der Waals surface area (Å²) in [7, 11) is -1.95. The summed E-state index contributed by atoms with van der Waals surface area (Å²) in [6.07, 6.45) is 2.72. The molecule has 0 aliphatic rings. The molecule has 1 N–H and O–H groups in total. The smallest absolute Gasteiger partial charge is 0.243 e. The van der Waals surface area contributed by atoms with Gasteiger partial charge < -0.3 is 5.11 Å². The van der Waals surface area contributed by atoms with Gasteiger partial charge in [0.15, 0.2) is 0 Å². The van der Waals surface area contributed by atoms with E-state index in [1.54, 1.807) is 43.1 Å². The first-order chi connectivity index (χ1) is 8.98. The number of hydrogen-bond acceptors (Lipinski definition) is 4. The van der Waals surface area contributed by atoms with Crippen molar-refractivity contribution in [3.05, 3.63) is 29.8 Å². The van der Waals surface area contributed by atoms with Crippen LogP contribution in [0, 0.1) is 0 Å². The molecule has 0 amide bonds. The first kappa shape index (κ1) is 16.5. The van der Waals surface area contributed by atoms with Gasteiger partial charge in [-0.2, -0.15) is 16.1 Å². The normalized spacial score (nSPS) is 13.7. The largest absolute Gasteiger partial charge is 0.392 e. The standard InChI is InChI=1S/C13H21NO3S2/c1-4-12(10-18-3)14(2)19(16,17)13-8-6-5-7-11(13)9-15/h5-8,12,15H,4,9-10H2,1-3H3. The molecule has 1 aromatic rings. The molecule has 6 heteroatoms. The van der Waals surface area contributed by atoms with Crippen LogP contribution in [0.1, 0.15) is 18.9 Å². The van der Waals surface area contributed by atoms with Gasteiger partial charge in [-0.05, 0) is 24.3 Å². The summed E-state index contributed by atoms with van der Waals surface area (Å²) in [5.41, 5.74) is 0.438. The van der Waals surface area contributed by atoms with Crippen LogP contribution in [0.5, 0.6) is 0 Å². The summed E-state index contributed by atoms with van der Waals surface area (Å²) in [5.74, 6) is 0.757. The Balaban J connectivity index is 3.15. The quantitative estimate of drug-likeness (QED) is 0.836. The molecule has 4 nitrogen and oxygen atoms in total. The highest BCUT2D eigenvalue weighted by Crippen LogP contribution is 2.22. The molecule has 1 rings (SSSR count). The third kappa shape index (κ3) is 3.72. The average molecular weight is 303 g/mol. The number of nitrogens with zero attached hydrogens (tertiary/aromatic N) is 1. The van der Waals surface area contributed by atoms with Crippen LogP contribution in [-0.4, -0.2) is 42.9 Å². The molecule has 0 spiro atoms. The summed E-state index contributed by atoms with van der Waals surface area (Å²) >= 11 is 1.63. The summed E-state index contributed by atoms with van der Waals surface area (Å²) in [6, 6.07) is 6.55. The fraction of sp³-hybridized carbons (Fsp3) is 0.538. The maximum absolute atomic E-state index is 12.6. The third-order valence-electron chi connectivity index (χ3n) is 3.14. The van der Waals surface area contributed by atoms with Gasteiger partial charge in [0.2, 0.25) is 10.0 Å². The average Bonchev–Trinajstić information content (AvgIpc) is 2.43. The zero-order valence-corrected chi connectivity index (χ0v) is 13.2. The van der Waals surface area contributed by atoms with Crippen LogP contribution < -0.4 is 0 Å². The van der Waals surface area contributed by atoms with E-state index >= 15 is 0 Å². The van der Waals surface area contributed by atoms with E-state index in [-0.39, 0.29) is 17.5 Å². The molecule has 1 atom stereocenters. The van der Waals surface area contributed by atoms with Gasteiger partial charge in [0.25, 0.3) is 0 Å². The van der Waals surface area contributed by atoms with E-state index in [1.165, 1.54) is 4.31 Å². The minimum absolute atomic E-state index is 0.0354. The van der Waals surface area contributed by atoms with Gasteiger partial charge in [-0.15, -0.1) is 0 Å². The van der Waals surface area contributed by atoms with E-state index in [9.17, 15) is 13.5 Å². The Morgan fingerprint density at radius 1 is 1.37 bits per heavy atom. The van der Waals surface area contributed by atoms with Crippen molar-refractivity contribution in [3.8, 4) is 0 Å². The summed E-state index contributed by atoms with van der Waals surface area (Å²) in [6.45, 7) is 1.70. The molecule has 1 aromatic carbocycles. The first-order valence-corrected chi connectivity index (χ1v) is 8.98. The second-order valence-electron chi connectivity index (χ2n) is 4.30. The lowest BCUT2D eigenvalue weighted by Gasteiger charge is -2.26. The van der Waals surface area contributed by atoms with Crippen molar-refractivity contribution < 1.29 is 13.5 Å². The Bertz CT molecular complexity index is 502. The maximum Gasteiger partial charge on any atom is 0.243 e. The van der Waals surface area contributed by atoms with Gasteiger partial charge in [-0.3, -0.25) is 0 Å². The van der Waals surface area contributed by atoms with Crippen LogP contribution in [0.25, 0.3) is 0 Å². The molecule has 0 saturated heterocycles. The number of aliphatic hydroxyl groups excluding tert-OH is 1. The maximum atomic E-state index is 12.6. The van der Waals surface area contributed by atoms with Gasteiger partial charge in [0.05, 0.1) is 11.5 Å². The topological polar surface area (TPSA) is 57.6 Å². The van der Waals surface area contributed by atoms with Crippen LogP contribution in [0.3, 0.4) is 0 Å². The predicted molar refractivity (Wildman–Crippen MR) is 79.8 cm³/mol. The van der Waals surface area contributed by atoms with Crippen LogP contribution in [0.4, 0.5) is 0 Å². The second-order valence-corrected chi connectivity index (χ2v) is 7.18. The van der Waals surface area contributed by atoms with E-state index in [0.717, 1.165) is 12.2 Å². The van der Waals surface area contributed by atoms with Crippen LogP contribution >= 0.6 is 11.8 Å². The Morgan fingerprint density at radius 2 is 2.00 bits per heavy atom. The highest BCUT2D eigenvalue weighted by atomic mass is 32.2. The highest BCUT2D eigenvalue weighted by Gasteiger charge is 2.28. The fourth-order valence-corrected chi connectivity index (χ4v) is 4.49. The second kappa shape index (κ2) is 7.28. The Hall–Kier alpha value is -0.560. The molecular formula is C13H21NO3S2. The highest BCUT2D eigenvalue weighted by molar-refractivity contribution is 7.98. The SMILES string of the molecule is CCC(CSC)N(C)S(=O)(=O)c1ccccc1CO. The van der Waals surface area contributed by atoms with E-state index < -0.39 is 10.0 Å². The molecule has 1 unspecified atom stereocenters. The lowest BCUT2D eigenvalue weighted by atomic mass is 10.2. The van der Waals surface area contributed by atoms with Crippen molar-refractivity contribution in [1.29, 1.82) is 0 Å². The zero-order chi connectivity index (χ0) is 14.5. The lowest BCUT2D eigenvalue weighted by Crippen LogP contribution is -2.38. The minimum atomic E-state index is -3.56. The number of hydrogen-bond donors (Lipinski definition) is 1. The van der Waals surface area contributed by atoms with Gasteiger partial charge >= 0.3 is 0 Å². The molecule has 19 heavy (non-hydrogen) atoms. The van der Waals surface area contributed by atoms with Crippen molar-refractivity contribution in [2.45, 2.75) is 30.9 Å². The Labute approximate surface area is 119 Å². The minimum Gasteiger partial charge on any atom is -0.392 e. The van der Waals surface area contributed by atoms with E-state index in [0.29, 0.717) is 5.56 Å².